The minimum Gasteiger partial charge on any atom is -0.396 e. The summed E-state index contributed by atoms with van der Waals surface area (Å²) in [6.45, 7) is 2.41. The van der Waals surface area contributed by atoms with Crippen LogP contribution in [0.4, 0.5) is 4.39 Å². The Morgan fingerprint density at radius 2 is 2.17 bits per heavy atom. The number of halogens is 1. The van der Waals surface area contributed by atoms with E-state index in [0.717, 1.165) is 38.3 Å². The number of aliphatic hydroxyl groups excluding tert-OH is 1. The highest BCUT2D eigenvalue weighted by Gasteiger charge is 2.40. The SMILES string of the molecule is O=C(CN1CCC[C@](CO)(CC2CC2)C1)NCc1ccccc1F. The Morgan fingerprint density at radius 3 is 2.88 bits per heavy atom. The summed E-state index contributed by atoms with van der Waals surface area (Å²) in [5, 5.41) is 12.7. The Labute approximate surface area is 143 Å². The summed E-state index contributed by atoms with van der Waals surface area (Å²) >= 11 is 0. The van der Waals surface area contributed by atoms with E-state index in [0.29, 0.717) is 12.1 Å². The van der Waals surface area contributed by atoms with Gasteiger partial charge in [-0.2, -0.15) is 0 Å². The van der Waals surface area contributed by atoms with Crippen molar-refractivity contribution in [2.45, 2.75) is 38.6 Å². The fourth-order valence-electron chi connectivity index (χ4n) is 3.83. The van der Waals surface area contributed by atoms with Crippen molar-refractivity contribution in [2.24, 2.45) is 11.3 Å². The number of amides is 1. The molecule has 24 heavy (non-hydrogen) atoms. The molecular formula is C19H27FN2O2. The van der Waals surface area contributed by atoms with Gasteiger partial charge in [0.15, 0.2) is 0 Å². The number of carbonyl (C=O) groups excluding carboxylic acids is 1. The van der Waals surface area contributed by atoms with E-state index in [1.54, 1.807) is 18.2 Å². The third-order valence-electron chi connectivity index (χ3n) is 5.30. The second-order valence-electron chi connectivity index (χ2n) is 7.49. The van der Waals surface area contributed by atoms with Crippen molar-refractivity contribution in [3.8, 4) is 0 Å². The van der Waals surface area contributed by atoms with Crippen molar-refractivity contribution in [3.05, 3.63) is 35.6 Å². The van der Waals surface area contributed by atoms with Crippen LogP contribution in [0, 0.1) is 17.2 Å². The van der Waals surface area contributed by atoms with Crippen LogP contribution in [0.2, 0.25) is 0 Å². The zero-order chi connectivity index (χ0) is 17.0. The van der Waals surface area contributed by atoms with Crippen molar-refractivity contribution in [3.63, 3.8) is 0 Å². The van der Waals surface area contributed by atoms with E-state index in [1.807, 2.05) is 0 Å². The lowest BCUT2D eigenvalue weighted by Gasteiger charge is -2.42. The first-order chi connectivity index (χ1) is 11.6. The molecule has 1 aliphatic carbocycles. The molecule has 1 aliphatic heterocycles. The minimum atomic E-state index is -0.292. The zero-order valence-electron chi connectivity index (χ0n) is 14.1. The smallest absolute Gasteiger partial charge is 0.234 e. The van der Waals surface area contributed by atoms with Gasteiger partial charge in [-0.3, -0.25) is 9.69 Å². The first-order valence-electron chi connectivity index (χ1n) is 8.93. The number of piperidine rings is 1. The summed E-state index contributed by atoms with van der Waals surface area (Å²) in [6.07, 6.45) is 5.72. The van der Waals surface area contributed by atoms with E-state index in [4.69, 9.17) is 0 Å². The average Bonchev–Trinajstić information content (AvgIpc) is 3.38. The van der Waals surface area contributed by atoms with Crippen LogP contribution in [-0.2, 0) is 11.3 Å². The van der Waals surface area contributed by atoms with Crippen molar-refractivity contribution in [1.29, 1.82) is 0 Å². The number of nitrogens with one attached hydrogen (secondary N) is 1. The molecule has 1 heterocycles. The summed E-state index contributed by atoms with van der Waals surface area (Å²) in [7, 11) is 0. The fraction of sp³-hybridized carbons (Fsp3) is 0.632. The Hall–Kier alpha value is -1.46. The average molecular weight is 334 g/mol. The van der Waals surface area contributed by atoms with Gasteiger partial charge in [0.1, 0.15) is 5.82 Å². The molecule has 2 N–H and O–H groups in total. The van der Waals surface area contributed by atoms with Crippen LogP contribution in [-0.4, -0.2) is 42.2 Å². The van der Waals surface area contributed by atoms with Gasteiger partial charge in [0, 0.05) is 30.7 Å². The van der Waals surface area contributed by atoms with Crippen LogP contribution in [0.15, 0.2) is 24.3 Å². The second-order valence-corrected chi connectivity index (χ2v) is 7.49. The number of nitrogens with zero attached hydrogens (tertiary/aromatic N) is 1. The molecular weight excluding hydrogens is 307 g/mol. The standard InChI is InChI=1S/C19H27FN2O2/c20-17-5-2-1-4-16(17)11-21-18(24)12-22-9-3-8-19(13-22,14-23)10-15-6-7-15/h1-2,4-5,15,23H,3,6-14H2,(H,21,24)/t19-/m0/s1. The lowest BCUT2D eigenvalue weighted by Crippen LogP contribution is -2.48. The molecule has 0 spiro atoms. The molecule has 0 aromatic heterocycles. The van der Waals surface area contributed by atoms with Gasteiger partial charge in [0.25, 0.3) is 0 Å². The van der Waals surface area contributed by atoms with Crippen molar-refractivity contribution < 1.29 is 14.3 Å². The summed E-state index contributed by atoms with van der Waals surface area (Å²) in [6, 6.07) is 6.49. The highest BCUT2D eigenvalue weighted by Crippen LogP contribution is 2.44. The predicted octanol–water partition coefficient (Wildman–Crippen LogP) is 2.32. The van der Waals surface area contributed by atoms with E-state index in [9.17, 15) is 14.3 Å². The number of hydrogen-bond acceptors (Lipinski definition) is 3. The van der Waals surface area contributed by atoms with Crippen molar-refractivity contribution in [2.75, 3.05) is 26.2 Å². The topological polar surface area (TPSA) is 52.6 Å². The molecule has 4 nitrogen and oxygen atoms in total. The molecule has 1 saturated carbocycles. The Morgan fingerprint density at radius 1 is 1.38 bits per heavy atom. The molecule has 0 bridgehead atoms. The van der Waals surface area contributed by atoms with Crippen LogP contribution in [0.25, 0.3) is 0 Å². The summed E-state index contributed by atoms with van der Waals surface area (Å²) in [5.74, 6) is 0.393. The molecule has 0 radical (unpaired) electrons. The highest BCUT2D eigenvalue weighted by atomic mass is 19.1. The predicted molar refractivity (Wildman–Crippen MR) is 90.8 cm³/mol. The van der Waals surface area contributed by atoms with Gasteiger partial charge in [-0.15, -0.1) is 0 Å². The van der Waals surface area contributed by atoms with Gasteiger partial charge >= 0.3 is 0 Å². The van der Waals surface area contributed by atoms with E-state index >= 15 is 0 Å². The molecule has 1 atom stereocenters. The second kappa shape index (κ2) is 7.62. The van der Waals surface area contributed by atoms with Gasteiger partial charge in [0.05, 0.1) is 6.54 Å². The molecule has 1 aromatic carbocycles. The third-order valence-corrected chi connectivity index (χ3v) is 5.30. The van der Waals surface area contributed by atoms with Crippen molar-refractivity contribution in [1.82, 2.24) is 10.2 Å². The summed E-state index contributed by atoms with van der Waals surface area (Å²) in [5.41, 5.74) is 0.466. The molecule has 3 rings (SSSR count). The number of carbonyl (C=O) groups is 1. The van der Waals surface area contributed by atoms with Gasteiger partial charge < -0.3 is 10.4 Å². The number of hydrogen-bond donors (Lipinski definition) is 2. The maximum absolute atomic E-state index is 13.6. The molecule has 2 aliphatic rings. The largest absolute Gasteiger partial charge is 0.396 e. The quantitative estimate of drug-likeness (QED) is 0.805. The molecule has 0 unspecified atom stereocenters. The maximum Gasteiger partial charge on any atom is 0.234 e. The maximum atomic E-state index is 13.6. The van der Waals surface area contributed by atoms with E-state index in [-0.39, 0.29) is 30.3 Å². The molecule has 1 saturated heterocycles. The lowest BCUT2D eigenvalue weighted by atomic mass is 9.76. The number of benzene rings is 1. The van der Waals surface area contributed by atoms with E-state index < -0.39 is 0 Å². The van der Waals surface area contributed by atoms with Crippen LogP contribution < -0.4 is 5.32 Å². The Bertz CT molecular complexity index is 576. The number of likely N-dealkylation sites (tertiary alicyclic amines) is 1. The van der Waals surface area contributed by atoms with Gasteiger partial charge in [-0.05, 0) is 37.8 Å². The minimum absolute atomic E-state index is 0.0365. The molecule has 1 aromatic rings. The number of aliphatic hydroxyl groups is 1. The summed E-state index contributed by atoms with van der Waals surface area (Å²) < 4.78 is 13.6. The molecule has 132 valence electrons. The van der Waals surface area contributed by atoms with Gasteiger partial charge in [-0.1, -0.05) is 31.0 Å². The molecule has 5 heteroatoms. The fourth-order valence-corrected chi connectivity index (χ4v) is 3.83. The third kappa shape index (κ3) is 4.54. The molecule has 1 amide bonds. The van der Waals surface area contributed by atoms with E-state index in [1.165, 1.54) is 18.9 Å². The normalized spacial score (nSPS) is 24.8. The van der Waals surface area contributed by atoms with E-state index in [2.05, 4.69) is 10.2 Å². The van der Waals surface area contributed by atoms with Crippen molar-refractivity contribution >= 4 is 5.91 Å². The number of rotatable bonds is 7. The highest BCUT2D eigenvalue weighted by molar-refractivity contribution is 5.78. The monoisotopic (exact) mass is 334 g/mol. The first kappa shape index (κ1) is 17.4. The molecule has 2 fully saturated rings. The summed E-state index contributed by atoms with van der Waals surface area (Å²) in [4.78, 5) is 14.3. The van der Waals surface area contributed by atoms with Crippen LogP contribution in [0.3, 0.4) is 0 Å². The first-order valence-corrected chi connectivity index (χ1v) is 8.93. The zero-order valence-corrected chi connectivity index (χ0v) is 14.1. The van der Waals surface area contributed by atoms with Gasteiger partial charge in [-0.25, -0.2) is 4.39 Å². The lowest BCUT2D eigenvalue weighted by molar-refractivity contribution is -0.123. The van der Waals surface area contributed by atoms with Crippen LogP contribution >= 0.6 is 0 Å². The Balaban J connectivity index is 1.49. The van der Waals surface area contributed by atoms with Crippen LogP contribution in [0.1, 0.15) is 37.7 Å². The Kier molecular flexibility index (Phi) is 5.51. The van der Waals surface area contributed by atoms with Crippen LogP contribution in [0.5, 0.6) is 0 Å². The van der Waals surface area contributed by atoms with Gasteiger partial charge in [0.2, 0.25) is 5.91 Å².